The van der Waals surface area contributed by atoms with E-state index in [4.69, 9.17) is 11.6 Å². The average molecular weight is 294 g/mol. The molecule has 0 saturated carbocycles. The van der Waals surface area contributed by atoms with Crippen LogP contribution in [0.3, 0.4) is 0 Å². The molecule has 0 spiro atoms. The highest BCUT2D eigenvalue weighted by atomic mass is 35.5. The second-order valence-corrected chi connectivity index (χ2v) is 5.92. The van der Waals surface area contributed by atoms with E-state index in [1.54, 1.807) is 16.2 Å². The lowest BCUT2D eigenvalue weighted by molar-refractivity contribution is -0.131. The van der Waals surface area contributed by atoms with Crippen molar-refractivity contribution in [1.29, 1.82) is 0 Å². The minimum absolute atomic E-state index is 0.100. The highest BCUT2D eigenvalue weighted by molar-refractivity contribution is 7.10. The maximum atomic E-state index is 12.2. The van der Waals surface area contributed by atoms with E-state index in [-0.39, 0.29) is 11.9 Å². The van der Waals surface area contributed by atoms with Crippen molar-refractivity contribution in [3.05, 3.63) is 57.2 Å². The van der Waals surface area contributed by atoms with Crippen LogP contribution < -0.4 is 0 Å². The fourth-order valence-corrected chi connectivity index (χ4v) is 2.92. The fraction of sp³-hybridized carbons (Fsp3) is 0.267. The first kappa shape index (κ1) is 14.1. The summed E-state index contributed by atoms with van der Waals surface area (Å²) in [5, 5.41) is 2.69. The second kappa shape index (κ2) is 6.22. The van der Waals surface area contributed by atoms with Gasteiger partial charge in [0, 0.05) is 16.9 Å². The Morgan fingerprint density at radius 1 is 1.37 bits per heavy atom. The van der Waals surface area contributed by atoms with Crippen LogP contribution >= 0.6 is 22.9 Å². The SMILES string of the molecule is CC(c1cccs1)N(C)C(=O)Cc1cccc(Cl)c1. The van der Waals surface area contributed by atoms with Crippen molar-refractivity contribution >= 4 is 28.8 Å². The third-order valence-corrected chi connectivity index (χ3v) is 4.45. The van der Waals surface area contributed by atoms with Crippen LogP contribution in [-0.2, 0) is 11.2 Å². The monoisotopic (exact) mass is 293 g/mol. The molecule has 2 rings (SSSR count). The zero-order valence-corrected chi connectivity index (χ0v) is 12.5. The molecule has 2 nitrogen and oxygen atoms in total. The number of amides is 1. The van der Waals surface area contributed by atoms with Gasteiger partial charge in [0.15, 0.2) is 0 Å². The fourth-order valence-electron chi connectivity index (χ4n) is 1.88. The lowest BCUT2D eigenvalue weighted by atomic mass is 10.1. The molecule has 1 atom stereocenters. The van der Waals surface area contributed by atoms with Gasteiger partial charge in [0.2, 0.25) is 5.91 Å². The summed E-state index contributed by atoms with van der Waals surface area (Å²) in [6.45, 7) is 2.04. The lowest BCUT2D eigenvalue weighted by Crippen LogP contribution is -2.30. The molecule has 1 heterocycles. The quantitative estimate of drug-likeness (QED) is 0.829. The first-order chi connectivity index (χ1) is 9.08. The predicted octanol–water partition coefficient (Wildman–Crippen LogP) is 4.16. The first-order valence-electron chi connectivity index (χ1n) is 6.11. The Bertz CT molecular complexity index is 553. The molecule has 0 fully saturated rings. The number of thiophene rings is 1. The Labute approximate surface area is 122 Å². The number of halogens is 1. The van der Waals surface area contributed by atoms with E-state index in [0.717, 1.165) is 5.56 Å². The van der Waals surface area contributed by atoms with Gasteiger partial charge in [-0.15, -0.1) is 11.3 Å². The predicted molar refractivity (Wildman–Crippen MR) is 80.7 cm³/mol. The molecule has 1 aromatic carbocycles. The van der Waals surface area contributed by atoms with Gasteiger partial charge in [-0.3, -0.25) is 4.79 Å². The van der Waals surface area contributed by atoms with E-state index < -0.39 is 0 Å². The van der Waals surface area contributed by atoms with Crippen molar-refractivity contribution in [2.75, 3.05) is 7.05 Å². The van der Waals surface area contributed by atoms with Gasteiger partial charge in [-0.1, -0.05) is 29.8 Å². The largest absolute Gasteiger partial charge is 0.338 e. The molecule has 0 aliphatic carbocycles. The summed E-state index contributed by atoms with van der Waals surface area (Å²) in [6.07, 6.45) is 0.382. The van der Waals surface area contributed by atoms with Crippen LogP contribution in [0.5, 0.6) is 0 Å². The van der Waals surface area contributed by atoms with Gasteiger partial charge >= 0.3 is 0 Å². The molecule has 2 aromatic rings. The molecule has 0 bridgehead atoms. The molecule has 100 valence electrons. The van der Waals surface area contributed by atoms with E-state index in [1.807, 2.05) is 49.7 Å². The van der Waals surface area contributed by atoms with Gasteiger partial charge in [-0.2, -0.15) is 0 Å². The van der Waals surface area contributed by atoms with Crippen LogP contribution in [0, 0.1) is 0 Å². The number of rotatable bonds is 4. The van der Waals surface area contributed by atoms with Crippen LogP contribution in [0.2, 0.25) is 5.02 Å². The number of hydrogen-bond donors (Lipinski definition) is 0. The third kappa shape index (κ3) is 3.58. The van der Waals surface area contributed by atoms with Crippen molar-refractivity contribution < 1.29 is 4.79 Å². The number of carbonyl (C=O) groups excluding carboxylic acids is 1. The Kier molecular flexibility index (Phi) is 4.61. The van der Waals surface area contributed by atoms with E-state index in [0.29, 0.717) is 11.4 Å². The molecule has 0 radical (unpaired) electrons. The van der Waals surface area contributed by atoms with Gasteiger partial charge in [0.05, 0.1) is 12.5 Å². The smallest absolute Gasteiger partial charge is 0.227 e. The molecule has 1 amide bonds. The third-order valence-electron chi connectivity index (χ3n) is 3.17. The zero-order chi connectivity index (χ0) is 13.8. The van der Waals surface area contributed by atoms with E-state index in [9.17, 15) is 4.79 Å². The highest BCUT2D eigenvalue weighted by Crippen LogP contribution is 2.24. The summed E-state index contributed by atoms with van der Waals surface area (Å²) in [5.41, 5.74) is 0.947. The average Bonchev–Trinajstić information content (AvgIpc) is 2.90. The maximum absolute atomic E-state index is 12.2. The van der Waals surface area contributed by atoms with Crippen molar-refractivity contribution in [2.45, 2.75) is 19.4 Å². The number of hydrogen-bond acceptors (Lipinski definition) is 2. The van der Waals surface area contributed by atoms with Crippen molar-refractivity contribution in [1.82, 2.24) is 4.90 Å². The highest BCUT2D eigenvalue weighted by Gasteiger charge is 2.18. The van der Waals surface area contributed by atoms with Crippen LogP contribution in [-0.4, -0.2) is 17.9 Å². The van der Waals surface area contributed by atoms with Crippen molar-refractivity contribution in [2.24, 2.45) is 0 Å². The summed E-state index contributed by atoms with van der Waals surface area (Å²) in [7, 11) is 1.84. The van der Waals surface area contributed by atoms with E-state index in [1.165, 1.54) is 4.88 Å². The molecule has 4 heteroatoms. The normalized spacial score (nSPS) is 12.2. The number of likely N-dealkylation sites (N-methyl/N-ethyl adjacent to an activating group) is 1. The molecule has 1 aromatic heterocycles. The standard InChI is InChI=1S/C15H16ClNOS/c1-11(14-7-4-8-19-14)17(2)15(18)10-12-5-3-6-13(16)9-12/h3-9,11H,10H2,1-2H3. The number of nitrogens with zero attached hydrogens (tertiary/aromatic N) is 1. The molecule has 0 aliphatic heterocycles. The van der Waals surface area contributed by atoms with Gasteiger partial charge in [-0.25, -0.2) is 0 Å². The number of carbonyl (C=O) groups is 1. The first-order valence-corrected chi connectivity index (χ1v) is 7.37. The van der Waals surface area contributed by atoms with Gasteiger partial charge < -0.3 is 4.90 Å². The minimum atomic E-state index is 0.100. The summed E-state index contributed by atoms with van der Waals surface area (Å²) < 4.78 is 0. The minimum Gasteiger partial charge on any atom is -0.338 e. The van der Waals surface area contributed by atoms with E-state index in [2.05, 4.69) is 6.07 Å². The Hall–Kier alpha value is -1.32. The summed E-state index contributed by atoms with van der Waals surface area (Å²) in [4.78, 5) is 15.2. The zero-order valence-electron chi connectivity index (χ0n) is 11.0. The summed E-state index contributed by atoms with van der Waals surface area (Å²) in [5.74, 6) is 0.100. The Balaban J connectivity index is 2.03. The van der Waals surface area contributed by atoms with E-state index >= 15 is 0 Å². The summed E-state index contributed by atoms with van der Waals surface area (Å²) >= 11 is 7.60. The Morgan fingerprint density at radius 2 is 2.16 bits per heavy atom. The van der Waals surface area contributed by atoms with Crippen LogP contribution in [0.4, 0.5) is 0 Å². The molecular formula is C15H16ClNOS. The molecule has 0 aliphatic rings. The number of benzene rings is 1. The topological polar surface area (TPSA) is 20.3 Å². The lowest BCUT2D eigenvalue weighted by Gasteiger charge is -2.24. The van der Waals surface area contributed by atoms with Gasteiger partial charge in [0.25, 0.3) is 0 Å². The molecular weight excluding hydrogens is 278 g/mol. The molecule has 0 saturated heterocycles. The van der Waals surface area contributed by atoms with Crippen LogP contribution in [0.1, 0.15) is 23.4 Å². The van der Waals surface area contributed by atoms with Crippen LogP contribution in [0.25, 0.3) is 0 Å². The van der Waals surface area contributed by atoms with Gasteiger partial charge in [0.1, 0.15) is 0 Å². The van der Waals surface area contributed by atoms with Gasteiger partial charge in [-0.05, 0) is 36.1 Å². The maximum Gasteiger partial charge on any atom is 0.227 e. The molecule has 19 heavy (non-hydrogen) atoms. The molecule has 1 unspecified atom stereocenters. The molecule has 0 N–H and O–H groups in total. The van der Waals surface area contributed by atoms with Crippen molar-refractivity contribution in [3.63, 3.8) is 0 Å². The Morgan fingerprint density at radius 3 is 2.79 bits per heavy atom. The summed E-state index contributed by atoms with van der Waals surface area (Å²) in [6, 6.07) is 11.6. The van der Waals surface area contributed by atoms with Crippen molar-refractivity contribution in [3.8, 4) is 0 Å². The van der Waals surface area contributed by atoms with Crippen LogP contribution in [0.15, 0.2) is 41.8 Å². The second-order valence-electron chi connectivity index (χ2n) is 4.50.